The number of halogens is 2. The van der Waals surface area contributed by atoms with Gasteiger partial charge < -0.3 is 20.6 Å². The van der Waals surface area contributed by atoms with Crippen LogP contribution in [-0.4, -0.2) is 30.2 Å². The Balaban J connectivity index is 0.000000313. The van der Waals surface area contributed by atoms with Gasteiger partial charge in [0.15, 0.2) is 5.30 Å². The highest BCUT2D eigenvalue weighted by atomic mass is 31.1. The Labute approximate surface area is 156 Å². The average Bonchev–Trinajstić information content (AvgIpc) is 2.62. The van der Waals surface area contributed by atoms with Crippen molar-refractivity contribution in [3.8, 4) is 0 Å². The summed E-state index contributed by atoms with van der Waals surface area (Å²) >= 11 is 0. The Bertz CT molecular complexity index is 793. The third-order valence-electron chi connectivity index (χ3n) is 3.71. The van der Waals surface area contributed by atoms with E-state index in [-0.39, 0.29) is 22.7 Å². The predicted molar refractivity (Wildman–Crippen MR) is 96.1 cm³/mol. The number of nitrogens with one attached hydrogen (secondary N) is 2. The molecule has 27 heavy (non-hydrogen) atoms. The third-order valence-corrected chi connectivity index (χ3v) is 4.41. The van der Waals surface area contributed by atoms with Crippen molar-refractivity contribution in [3.63, 3.8) is 0 Å². The molecular formula is C18H19F2N2O4P. The molecule has 1 amide bonds. The number of amides is 1. The minimum atomic E-state index is -2.81. The van der Waals surface area contributed by atoms with Crippen LogP contribution < -0.4 is 20.8 Å². The van der Waals surface area contributed by atoms with E-state index in [2.05, 4.69) is 10.6 Å². The van der Waals surface area contributed by atoms with Crippen LogP contribution in [0.4, 0.5) is 14.5 Å². The molecule has 0 aromatic heterocycles. The first-order valence-electron chi connectivity index (χ1n) is 8.26. The zero-order chi connectivity index (χ0) is 19.8. The van der Waals surface area contributed by atoms with E-state index < -0.39 is 25.6 Å². The molecule has 3 rings (SSSR count). The fourth-order valence-electron chi connectivity index (χ4n) is 2.42. The number of hydrogen-bond donors (Lipinski definition) is 3. The Hall–Kier alpha value is -2.25. The lowest BCUT2D eigenvalue weighted by Gasteiger charge is -2.16. The molecule has 1 saturated heterocycles. The predicted octanol–water partition coefficient (Wildman–Crippen LogP) is 1.68. The van der Waals surface area contributed by atoms with E-state index in [0.29, 0.717) is 6.07 Å². The molecule has 2 unspecified atom stereocenters. The number of aliphatic hydroxyl groups excluding tert-OH is 1. The van der Waals surface area contributed by atoms with E-state index in [9.17, 15) is 23.0 Å². The topological polar surface area (TPSA) is 101 Å². The number of benzene rings is 2. The number of hydrogen-bond acceptors (Lipinski definition) is 5. The summed E-state index contributed by atoms with van der Waals surface area (Å²) in [6.07, 6.45) is 2.03. The molecule has 0 aliphatic carbocycles. The molecule has 2 aromatic rings. The fraction of sp³-hybridized carbons (Fsp3) is 0.278. The van der Waals surface area contributed by atoms with Crippen molar-refractivity contribution in [1.29, 1.82) is 0 Å². The minimum absolute atomic E-state index is 0.0157. The van der Waals surface area contributed by atoms with Crippen molar-refractivity contribution in [1.82, 2.24) is 5.32 Å². The summed E-state index contributed by atoms with van der Waals surface area (Å²) in [6.45, 7) is 1.87. The second kappa shape index (κ2) is 10.2. The second-order valence-electron chi connectivity index (χ2n) is 5.92. The normalized spacial score (nSPS) is 16.7. The summed E-state index contributed by atoms with van der Waals surface area (Å²) in [4.78, 5) is 22.7. The number of aliphatic hydroxyl groups is 1. The van der Waals surface area contributed by atoms with Gasteiger partial charge in [0.1, 0.15) is 11.6 Å². The molecule has 6 nitrogen and oxygen atoms in total. The van der Waals surface area contributed by atoms with Gasteiger partial charge >= 0.3 is 8.03 Å². The van der Waals surface area contributed by atoms with Gasteiger partial charge in [0.25, 0.3) is 5.91 Å². The summed E-state index contributed by atoms with van der Waals surface area (Å²) in [5, 5.41) is 14.2. The second-order valence-corrected chi connectivity index (χ2v) is 6.95. The van der Waals surface area contributed by atoms with Crippen LogP contribution in [0.25, 0.3) is 0 Å². The molecule has 2 atom stereocenters. The maximum atomic E-state index is 13.0. The lowest BCUT2D eigenvalue weighted by Crippen LogP contribution is -2.33. The minimum Gasteiger partial charge on any atom is -0.591 e. The van der Waals surface area contributed by atoms with Crippen LogP contribution in [0.1, 0.15) is 23.2 Å². The summed E-state index contributed by atoms with van der Waals surface area (Å²) < 4.78 is 36.8. The number of carbonyl (C=O) groups excluding carboxylic acids is 1. The Morgan fingerprint density at radius 2 is 1.93 bits per heavy atom. The molecule has 0 bridgehead atoms. The number of anilines is 1. The fourth-order valence-corrected chi connectivity index (χ4v) is 2.88. The average molecular weight is 396 g/mol. The zero-order valence-electron chi connectivity index (χ0n) is 14.3. The first kappa shape index (κ1) is 21.1. The van der Waals surface area contributed by atoms with E-state index >= 15 is 0 Å². The van der Waals surface area contributed by atoms with E-state index in [4.69, 9.17) is 5.11 Å². The summed E-state index contributed by atoms with van der Waals surface area (Å²) in [7, 11) is -2.81. The van der Waals surface area contributed by atoms with Gasteiger partial charge in [-0.3, -0.25) is 4.79 Å². The molecule has 1 aliphatic heterocycles. The lowest BCUT2D eigenvalue weighted by atomic mass is 10.1. The van der Waals surface area contributed by atoms with Gasteiger partial charge in [-0.25, -0.2) is 8.78 Å². The first-order valence-corrected chi connectivity index (χ1v) is 9.43. The number of piperidine rings is 1. The summed E-state index contributed by atoms with van der Waals surface area (Å²) in [6, 6.07) is 7.91. The third kappa shape index (κ3) is 7.11. The van der Waals surface area contributed by atoms with Crippen LogP contribution in [0, 0.1) is 11.6 Å². The molecular weight excluding hydrogens is 377 g/mol. The van der Waals surface area contributed by atoms with Crippen LogP contribution >= 0.6 is 8.03 Å². The maximum absolute atomic E-state index is 13.0. The van der Waals surface area contributed by atoms with Crippen molar-refractivity contribution in [2.45, 2.75) is 18.9 Å². The van der Waals surface area contributed by atoms with Gasteiger partial charge in [0, 0.05) is 29.9 Å². The highest BCUT2D eigenvalue weighted by Crippen LogP contribution is 2.15. The maximum Gasteiger partial charge on any atom is 0.348 e. The molecule has 9 heteroatoms. The largest absolute Gasteiger partial charge is 0.591 e. The summed E-state index contributed by atoms with van der Waals surface area (Å²) in [5.74, 6) is -2.30. The summed E-state index contributed by atoms with van der Waals surface area (Å²) in [5.41, 5.74) is 0.0239. The smallest absolute Gasteiger partial charge is 0.348 e. The Kier molecular flexibility index (Phi) is 7.94. The van der Waals surface area contributed by atoms with Gasteiger partial charge in [-0.1, -0.05) is 10.6 Å². The van der Waals surface area contributed by atoms with Gasteiger partial charge in [0.2, 0.25) is 0 Å². The van der Waals surface area contributed by atoms with Crippen LogP contribution in [0.2, 0.25) is 0 Å². The first-order chi connectivity index (χ1) is 12.8. The van der Waals surface area contributed by atoms with Crippen molar-refractivity contribution < 1.29 is 28.1 Å². The van der Waals surface area contributed by atoms with Crippen molar-refractivity contribution >= 4 is 24.9 Å². The zero-order valence-corrected chi connectivity index (χ0v) is 15.2. The standard InChI is InChI=1S/C13H8F2NO3P.C5H11NO/c14-9-5-10(15)7-11(6-9)16-13(17)8-2-1-3-12(4-8)20(18)19;7-5-2-1-3-6-4-5/h1-7H,(H,16,17);5-7H,1-4H2. The van der Waals surface area contributed by atoms with Crippen LogP contribution in [0.3, 0.4) is 0 Å². The van der Waals surface area contributed by atoms with Crippen molar-refractivity contribution in [3.05, 3.63) is 59.7 Å². The molecule has 1 fully saturated rings. The molecule has 0 spiro atoms. The van der Waals surface area contributed by atoms with Crippen LogP contribution in [-0.2, 0) is 4.57 Å². The molecule has 2 aromatic carbocycles. The van der Waals surface area contributed by atoms with Crippen molar-refractivity contribution in [2.75, 3.05) is 18.4 Å². The number of carbonyl (C=O) groups is 1. The van der Waals surface area contributed by atoms with Gasteiger partial charge in [-0.2, -0.15) is 0 Å². The van der Waals surface area contributed by atoms with Gasteiger partial charge in [-0.05, 0) is 43.7 Å². The molecule has 0 saturated carbocycles. The molecule has 1 heterocycles. The van der Waals surface area contributed by atoms with Crippen LogP contribution in [0.15, 0.2) is 42.5 Å². The van der Waals surface area contributed by atoms with E-state index in [1.165, 1.54) is 24.3 Å². The monoisotopic (exact) mass is 396 g/mol. The van der Waals surface area contributed by atoms with E-state index in [0.717, 1.165) is 38.1 Å². The molecule has 3 N–H and O–H groups in total. The van der Waals surface area contributed by atoms with E-state index in [1.54, 1.807) is 0 Å². The van der Waals surface area contributed by atoms with Gasteiger partial charge in [0.05, 0.1) is 6.10 Å². The molecule has 0 radical (unpaired) electrons. The highest BCUT2D eigenvalue weighted by molar-refractivity contribution is 7.45. The highest BCUT2D eigenvalue weighted by Gasteiger charge is 2.13. The number of rotatable bonds is 3. The van der Waals surface area contributed by atoms with E-state index in [1.807, 2.05) is 0 Å². The SMILES string of the molecule is O=C(Nc1cc(F)cc(F)c1)c1cccc([P+](=O)[O-])c1.OC1CCCNC1. The van der Waals surface area contributed by atoms with Crippen molar-refractivity contribution in [2.24, 2.45) is 0 Å². The van der Waals surface area contributed by atoms with Gasteiger partial charge in [-0.15, -0.1) is 0 Å². The Morgan fingerprint density at radius 3 is 2.44 bits per heavy atom. The quantitative estimate of drug-likeness (QED) is 0.686. The lowest BCUT2D eigenvalue weighted by molar-refractivity contribution is -0.160. The van der Waals surface area contributed by atoms with Crippen LogP contribution in [0.5, 0.6) is 0 Å². The number of β-amino-alcohol motifs (C(OH)–C–C–N with tert-alkyl or cyclic N) is 1. The Morgan fingerprint density at radius 1 is 1.22 bits per heavy atom. The molecule has 144 valence electrons. The molecule has 1 aliphatic rings.